The summed E-state index contributed by atoms with van der Waals surface area (Å²) >= 11 is 0. The molecule has 0 aromatic carbocycles. The molecule has 2 aromatic rings. The molecule has 0 aliphatic carbocycles. The van der Waals surface area contributed by atoms with Crippen LogP contribution in [-0.4, -0.2) is 64.6 Å². The molecule has 0 atom stereocenters. The molecule has 9 nitrogen and oxygen atoms in total. The number of nitrogen functional groups attached to an aromatic ring is 1. The lowest BCUT2D eigenvalue weighted by Crippen LogP contribution is -2.51. The number of piperazine rings is 1. The zero-order valence-electron chi connectivity index (χ0n) is 13.1. The molecular weight excluding hydrogens is 365 g/mol. The standard InChI is InChI=1S/C12H15F3N6O3S/c1-7-8(9(16)10-11(17-7)19-24-18-10)6-20-2-4-21(5-3-20)25(22,23)12(13,14)15/h2-6,16H2,1H3. The van der Waals surface area contributed by atoms with E-state index < -0.39 is 15.5 Å². The summed E-state index contributed by atoms with van der Waals surface area (Å²) in [6.07, 6.45) is 0. The zero-order chi connectivity index (χ0) is 18.4. The van der Waals surface area contributed by atoms with Crippen LogP contribution >= 0.6 is 0 Å². The van der Waals surface area contributed by atoms with Crippen LogP contribution in [0.2, 0.25) is 0 Å². The average molecular weight is 380 g/mol. The molecule has 13 heteroatoms. The van der Waals surface area contributed by atoms with Crippen molar-refractivity contribution in [2.45, 2.75) is 19.0 Å². The SMILES string of the molecule is Cc1nc2nonc2c(N)c1CN1CCN(S(=O)(=O)C(F)(F)F)CC1. The summed E-state index contributed by atoms with van der Waals surface area (Å²) in [5.74, 6) is 0. The number of fused-ring (bicyclic) bond motifs is 1. The van der Waals surface area contributed by atoms with Gasteiger partial charge in [-0.25, -0.2) is 18.0 Å². The van der Waals surface area contributed by atoms with E-state index in [4.69, 9.17) is 5.73 Å². The fraction of sp³-hybridized carbons (Fsp3) is 0.583. The van der Waals surface area contributed by atoms with Gasteiger partial charge < -0.3 is 5.73 Å². The highest BCUT2D eigenvalue weighted by molar-refractivity contribution is 7.90. The van der Waals surface area contributed by atoms with Crippen LogP contribution in [-0.2, 0) is 16.6 Å². The summed E-state index contributed by atoms with van der Waals surface area (Å²) in [7, 11) is -5.29. The Labute approximate surface area is 140 Å². The second-order valence-corrected chi connectivity index (χ2v) is 7.58. The normalized spacial score (nSPS) is 18.1. The number of nitrogens with zero attached hydrogens (tertiary/aromatic N) is 5. The van der Waals surface area contributed by atoms with E-state index in [9.17, 15) is 21.6 Å². The maximum Gasteiger partial charge on any atom is 0.511 e. The van der Waals surface area contributed by atoms with Crippen molar-refractivity contribution in [3.63, 3.8) is 0 Å². The van der Waals surface area contributed by atoms with E-state index in [-0.39, 0.29) is 31.8 Å². The molecule has 1 fully saturated rings. The zero-order valence-corrected chi connectivity index (χ0v) is 13.9. The van der Waals surface area contributed by atoms with Gasteiger partial charge in [-0.1, -0.05) is 0 Å². The van der Waals surface area contributed by atoms with Gasteiger partial charge >= 0.3 is 15.5 Å². The first kappa shape index (κ1) is 17.8. The number of sulfonamides is 1. The van der Waals surface area contributed by atoms with Gasteiger partial charge in [0.15, 0.2) is 5.52 Å². The van der Waals surface area contributed by atoms with Gasteiger partial charge in [-0.3, -0.25) is 4.90 Å². The quantitative estimate of drug-likeness (QED) is 0.817. The van der Waals surface area contributed by atoms with Gasteiger partial charge in [0.05, 0.1) is 5.69 Å². The van der Waals surface area contributed by atoms with Crippen molar-refractivity contribution in [3.05, 3.63) is 11.3 Å². The molecule has 25 heavy (non-hydrogen) atoms. The van der Waals surface area contributed by atoms with Crippen molar-refractivity contribution < 1.29 is 26.2 Å². The molecular formula is C12H15F3N6O3S. The van der Waals surface area contributed by atoms with Crippen LogP contribution in [0, 0.1) is 6.92 Å². The van der Waals surface area contributed by atoms with Gasteiger partial charge in [0.2, 0.25) is 5.65 Å². The molecule has 138 valence electrons. The second-order valence-electron chi connectivity index (χ2n) is 5.65. The number of anilines is 1. The van der Waals surface area contributed by atoms with Gasteiger partial charge in [-0.2, -0.15) is 17.5 Å². The van der Waals surface area contributed by atoms with E-state index in [1.54, 1.807) is 6.92 Å². The van der Waals surface area contributed by atoms with Crippen LogP contribution in [0.1, 0.15) is 11.3 Å². The van der Waals surface area contributed by atoms with Crippen molar-refractivity contribution in [2.75, 3.05) is 31.9 Å². The Morgan fingerprint density at radius 3 is 2.44 bits per heavy atom. The molecule has 3 heterocycles. The van der Waals surface area contributed by atoms with Gasteiger partial charge in [0.25, 0.3) is 0 Å². The number of hydrogen-bond acceptors (Lipinski definition) is 8. The summed E-state index contributed by atoms with van der Waals surface area (Å²) in [6.45, 7) is 1.83. The van der Waals surface area contributed by atoms with E-state index >= 15 is 0 Å². The largest absolute Gasteiger partial charge is 0.511 e. The number of aromatic nitrogens is 3. The smallest absolute Gasteiger partial charge is 0.396 e. The summed E-state index contributed by atoms with van der Waals surface area (Å²) in [5.41, 5.74) is 2.97. The highest BCUT2D eigenvalue weighted by Crippen LogP contribution is 2.29. The Morgan fingerprint density at radius 2 is 1.84 bits per heavy atom. The molecule has 1 saturated heterocycles. The van der Waals surface area contributed by atoms with Gasteiger partial charge in [0.1, 0.15) is 0 Å². The molecule has 1 aliphatic heterocycles. The van der Waals surface area contributed by atoms with Crippen LogP contribution < -0.4 is 5.73 Å². The predicted molar refractivity (Wildman–Crippen MR) is 80.6 cm³/mol. The molecule has 0 bridgehead atoms. The molecule has 2 aromatic heterocycles. The molecule has 0 radical (unpaired) electrons. The fourth-order valence-corrected chi connectivity index (χ4v) is 3.63. The van der Waals surface area contributed by atoms with E-state index in [1.165, 1.54) is 0 Å². The van der Waals surface area contributed by atoms with Crippen molar-refractivity contribution in [1.29, 1.82) is 0 Å². The minimum atomic E-state index is -5.29. The minimum absolute atomic E-state index is 0.142. The molecule has 3 rings (SSSR count). The molecule has 1 aliphatic rings. The minimum Gasteiger partial charge on any atom is -0.396 e. The van der Waals surface area contributed by atoms with Crippen molar-refractivity contribution >= 4 is 26.9 Å². The summed E-state index contributed by atoms with van der Waals surface area (Å²) in [4.78, 5) is 6.03. The van der Waals surface area contributed by atoms with Crippen molar-refractivity contribution in [2.24, 2.45) is 0 Å². The highest BCUT2D eigenvalue weighted by Gasteiger charge is 2.50. The fourth-order valence-electron chi connectivity index (χ4n) is 2.69. The van der Waals surface area contributed by atoms with Gasteiger partial charge in [-0.15, -0.1) is 0 Å². The Morgan fingerprint density at radius 1 is 1.20 bits per heavy atom. The lowest BCUT2D eigenvalue weighted by atomic mass is 10.1. The average Bonchev–Trinajstić information content (AvgIpc) is 2.99. The third-order valence-corrected chi connectivity index (χ3v) is 5.74. The Balaban J connectivity index is 1.73. The predicted octanol–water partition coefficient (Wildman–Crippen LogP) is 0.476. The highest BCUT2D eigenvalue weighted by atomic mass is 32.2. The van der Waals surface area contributed by atoms with E-state index in [2.05, 4.69) is 19.9 Å². The molecule has 0 unspecified atom stereocenters. The first-order valence-electron chi connectivity index (χ1n) is 7.27. The third kappa shape index (κ3) is 3.14. The van der Waals surface area contributed by atoms with E-state index in [1.807, 2.05) is 4.90 Å². The number of aryl methyl sites for hydroxylation is 1. The van der Waals surface area contributed by atoms with E-state index in [0.717, 1.165) is 0 Å². The maximum atomic E-state index is 12.6. The number of rotatable bonds is 3. The Bertz CT molecular complexity index is 889. The third-order valence-electron chi connectivity index (χ3n) is 4.11. The van der Waals surface area contributed by atoms with Crippen LogP contribution in [0.3, 0.4) is 0 Å². The van der Waals surface area contributed by atoms with Crippen LogP contribution in [0.25, 0.3) is 11.2 Å². The number of pyridine rings is 1. The van der Waals surface area contributed by atoms with Crippen LogP contribution in [0.5, 0.6) is 0 Å². The summed E-state index contributed by atoms with van der Waals surface area (Å²) < 4.78 is 65.7. The molecule has 0 amide bonds. The Hall–Kier alpha value is -1.99. The van der Waals surface area contributed by atoms with Gasteiger partial charge in [0, 0.05) is 44.0 Å². The monoisotopic (exact) mass is 380 g/mol. The number of halogens is 3. The lowest BCUT2D eigenvalue weighted by molar-refractivity contribution is -0.0500. The van der Waals surface area contributed by atoms with Crippen molar-refractivity contribution in [3.8, 4) is 0 Å². The van der Waals surface area contributed by atoms with Crippen molar-refractivity contribution in [1.82, 2.24) is 24.5 Å². The first-order valence-corrected chi connectivity index (χ1v) is 8.71. The first-order chi connectivity index (χ1) is 11.6. The Kier molecular flexibility index (Phi) is 4.33. The summed E-state index contributed by atoms with van der Waals surface area (Å²) in [6, 6.07) is 0. The molecule has 2 N–H and O–H groups in total. The summed E-state index contributed by atoms with van der Waals surface area (Å²) in [5, 5.41) is 7.30. The number of hydrogen-bond donors (Lipinski definition) is 1. The molecule has 0 saturated carbocycles. The van der Waals surface area contributed by atoms with Gasteiger partial charge in [-0.05, 0) is 17.2 Å². The second kappa shape index (κ2) is 6.07. The van der Waals surface area contributed by atoms with Crippen LogP contribution in [0.4, 0.5) is 18.9 Å². The van der Waals surface area contributed by atoms with E-state index in [0.29, 0.717) is 33.3 Å². The maximum absolute atomic E-state index is 12.6. The number of alkyl halides is 3. The topological polar surface area (TPSA) is 118 Å². The van der Waals surface area contributed by atoms with Crippen LogP contribution in [0.15, 0.2) is 4.63 Å². The lowest BCUT2D eigenvalue weighted by Gasteiger charge is -2.34. The number of nitrogens with two attached hydrogens (primary N) is 1. The molecule has 0 spiro atoms.